The highest BCUT2D eigenvalue weighted by Crippen LogP contribution is 2.29. The van der Waals surface area contributed by atoms with Gasteiger partial charge in [-0.2, -0.15) is 0 Å². The smallest absolute Gasteiger partial charge is 0.338 e. The van der Waals surface area contributed by atoms with Gasteiger partial charge in [-0.1, -0.05) is 24.6 Å². The van der Waals surface area contributed by atoms with Crippen LogP contribution in [0.4, 0.5) is 0 Å². The number of benzene rings is 1. The number of aliphatic hydroxyl groups excluding tert-OH is 1. The van der Waals surface area contributed by atoms with Crippen molar-refractivity contribution in [1.29, 1.82) is 0 Å². The Kier molecular flexibility index (Phi) is 3.44. The lowest BCUT2D eigenvalue weighted by Gasteiger charge is -2.31. The van der Waals surface area contributed by atoms with Gasteiger partial charge in [0.15, 0.2) is 0 Å². The number of hydrogen-bond acceptors (Lipinski definition) is 3. The third-order valence-electron chi connectivity index (χ3n) is 3.79. The van der Waals surface area contributed by atoms with Crippen LogP contribution in [0.1, 0.15) is 40.9 Å². The van der Waals surface area contributed by atoms with Crippen molar-refractivity contribution in [3.05, 3.63) is 34.4 Å². The van der Waals surface area contributed by atoms with E-state index in [4.69, 9.17) is 4.74 Å². The number of fused-ring (bicyclic) bond motifs is 1. The van der Waals surface area contributed by atoms with Gasteiger partial charge >= 0.3 is 5.97 Å². The number of esters is 1. The molecule has 0 amide bonds. The van der Waals surface area contributed by atoms with E-state index in [0.717, 1.165) is 16.7 Å². The highest BCUT2D eigenvalue weighted by molar-refractivity contribution is 5.94. The fraction of sp³-hybridized carbons (Fsp3) is 0.533. The van der Waals surface area contributed by atoms with E-state index in [1.54, 1.807) is 6.92 Å². The van der Waals surface area contributed by atoms with E-state index in [-0.39, 0.29) is 18.0 Å². The Labute approximate surface area is 108 Å². The third-order valence-corrected chi connectivity index (χ3v) is 3.79. The minimum absolute atomic E-state index is 0.0529. The summed E-state index contributed by atoms with van der Waals surface area (Å²) in [6.45, 7) is 7.61. The van der Waals surface area contributed by atoms with Gasteiger partial charge < -0.3 is 9.84 Å². The van der Waals surface area contributed by atoms with Crippen molar-refractivity contribution in [2.24, 2.45) is 5.92 Å². The predicted octanol–water partition coefficient (Wildman–Crippen LogP) is 2.40. The van der Waals surface area contributed by atoms with Gasteiger partial charge in [-0.15, -0.1) is 0 Å². The Bertz CT molecular complexity index is 477. The van der Waals surface area contributed by atoms with Gasteiger partial charge in [-0.05, 0) is 31.9 Å². The van der Waals surface area contributed by atoms with E-state index in [9.17, 15) is 9.90 Å². The topological polar surface area (TPSA) is 46.5 Å². The molecular formula is C15H20O3. The first-order valence-corrected chi connectivity index (χ1v) is 6.39. The van der Waals surface area contributed by atoms with Gasteiger partial charge in [0.1, 0.15) is 6.10 Å². The van der Waals surface area contributed by atoms with Crippen LogP contribution in [-0.2, 0) is 11.2 Å². The molecule has 3 nitrogen and oxygen atoms in total. The molecule has 98 valence electrons. The molecule has 3 heteroatoms. The normalized spacial score (nSPS) is 22.1. The fourth-order valence-electron chi connectivity index (χ4n) is 2.57. The van der Waals surface area contributed by atoms with Crippen LogP contribution < -0.4 is 0 Å². The molecule has 0 radical (unpaired) electrons. The largest absolute Gasteiger partial charge is 0.458 e. The summed E-state index contributed by atoms with van der Waals surface area (Å²) in [4.78, 5) is 12.1. The van der Waals surface area contributed by atoms with E-state index < -0.39 is 6.10 Å². The van der Waals surface area contributed by atoms with E-state index in [1.807, 2.05) is 32.9 Å². The van der Waals surface area contributed by atoms with Crippen molar-refractivity contribution in [3.8, 4) is 0 Å². The predicted molar refractivity (Wildman–Crippen MR) is 69.7 cm³/mol. The van der Waals surface area contributed by atoms with Crippen molar-refractivity contribution in [2.75, 3.05) is 0 Å². The van der Waals surface area contributed by atoms with Crippen molar-refractivity contribution in [3.63, 3.8) is 0 Å². The molecule has 0 aromatic heterocycles. The van der Waals surface area contributed by atoms with Crippen LogP contribution in [0.5, 0.6) is 0 Å². The van der Waals surface area contributed by atoms with Crippen LogP contribution in [0.25, 0.3) is 0 Å². The molecule has 1 heterocycles. The van der Waals surface area contributed by atoms with Crippen LogP contribution in [0.3, 0.4) is 0 Å². The van der Waals surface area contributed by atoms with Gasteiger partial charge in [0.2, 0.25) is 0 Å². The lowest BCUT2D eigenvalue weighted by Crippen LogP contribution is -2.37. The SMILES string of the molecule is Cc1cc(C)c2c(c1)CC(C(C)C(C)O)OC2=O. The monoisotopic (exact) mass is 248 g/mol. The van der Waals surface area contributed by atoms with Crippen LogP contribution in [0, 0.1) is 19.8 Å². The summed E-state index contributed by atoms with van der Waals surface area (Å²) in [5, 5.41) is 9.63. The summed E-state index contributed by atoms with van der Waals surface area (Å²) in [6.07, 6.45) is -0.0168. The molecule has 2 rings (SSSR count). The Morgan fingerprint density at radius 1 is 1.33 bits per heavy atom. The molecule has 0 spiro atoms. The summed E-state index contributed by atoms with van der Waals surface area (Å²) >= 11 is 0. The maximum Gasteiger partial charge on any atom is 0.338 e. The first-order chi connectivity index (χ1) is 8.40. The van der Waals surface area contributed by atoms with Gasteiger partial charge in [-0.25, -0.2) is 4.79 Å². The van der Waals surface area contributed by atoms with Crippen molar-refractivity contribution >= 4 is 5.97 Å². The Balaban J connectivity index is 2.37. The molecule has 1 aromatic rings. The molecule has 0 aliphatic carbocycles. The molecule has 1 N–H and O–H groups in total. The van der Waals surface area contributed by atoms with Gasteiger partial charge in [0.25, 0.3) is 0 Å². The second-order valence-corrected chi connectivity index (χ2v) is 5.36. The molecule has 0 saturated heterocycles. The molecule has 1 aliphatic rings. The molecule has 3 atom stereocenters. The number of rotatable bonds is 2. The van der Waals surface area contributed by atoms with E-state index in [2.05, 4.69) is 0 Å². The number of cyclic esters (lactones) is 1. The zero-order chi connectivity index (χ0) is 13.4. The first kappa shape index (κ1) is 13.1. The average Bonchev–Trinajstić information content (AvgIpc) is 2.25. The summed E-state index contributed by atoms with van der Waals surface area (Å²) in [5.41, 5.74) is 3.87. The zero-order valence-corrected chi connectivity index (χ0v) is 11.4. The molecule has 0 saturated carbocycles. The van der Waals surface area contributed by atoms with Crippen LogP contribution in [0.15, 0.2) is 12.1 Å². The molecule has 1 aliphatic heterocycles. The van der Waals surface area contributed by atoms with Crippen LogP contribution in [0.2, 0.25) is 0 Å². The fourth-order valence-corrected chi connectivity index (χ4v) is 2.57. The number of aryl methyl sites for hydroxylation is 2. The lowest BCUT2D eigenvalue weighted by atomic mass is 9.87. The number of carbonyl (C=O) groups is 1. The minimum atomic E-state index is -0.477. The molecular weight excluding hydrogens is 228 g/mol. The zero-order valence-electron chi connectivity index (χ0n) is 11.4. The number of ether oxygens (including phenoxy) is 1. The van der Waals surface area contributed by atoms with Gasteiger partial charge in [-0.3, -0.25) is 0 Å². The second-order valence-electron chi connectivity index (χ2n) is 5.36. The molecule has 3 unspecified atom stereocenters. The van der Waals surface area contributed by atoms with Crippen molar-refractivity contribution in [1.82, 2.24) is 0 Å². The Morgan fingerprint density at radius 3 is 2.61 bits per heavy atom. The number of aliphatic hydroxyl groups is 1. The summed E-state index contributed by atoms with van der Waals surface area (Å²) in [6, 6.07) is 4.04. The molecule has 0 fully saturated rings. The first-order valence-electron chi connectivity index (χ1n) is 6.39. The van der Waals surface area contributed by atoms with Crippen LogP contribution in [-0.4, -0.2) is 23.3 Å². The summed E-state index contributed by atoms with van der Waals surface area (Å²) < 4.78 is 5.46. The molecule has 1 aromatic carbocycles. The maximum atomic E-state index is 12.1. The lowest BCUT2D eigenvalue weighted by molar-refractivity contribution is -0.0134. The van der Waals surface area contributed by atoms with Gasteiger partial charge in [0, 0.05) is 12.3 Å². The average molecular weight is 248 g/mol. The quantitative estimate of drug-likeness (QED) is 0.817. The summed E-state index contributed by atoms with van der Waals surface area (Å²) in [7, 11) is 0. The number of carbonyl (C=O) groups excluding carboxylic acids is 1. The Hall–Kier alpha value is -1.35. The highest BCUT2D eigenvalue weighted by Gasteiger charge is 2.32. The van der Waals surface area contributed by atoms with Crippen LogP contribution >= 0.6 is 0 Å². The van der Waals surface area contributed by atoms with Crippen molar-refractivity contribution in [2.45, 2.75) is 46.3 Å². The summed E-state index contributed by atoms with van der Waals surface area (Å²) in [5.74, 6) is -0.311. The van der Waals surface area contributed by atoms with E-state index >= 15 is 0 Å². The molecule has 0 bridgehead atoms. The maximum absolute atomic E-state index is 12.1. The van der Waals surface area contributed by atoms with Crippen molar-refractivity contribution < 1.29 is 14.6 Å². The van der Waals surface area contributed by atoms with Gasteiger partial charge in [0.05, 0.1) is 11.7 Å². The Morgan fingerprint density at radius 2 is 2.00 bits per heavy atom. The third kappa shape index (κ3) is 2.27. The standard InChI is InChI=1S/C15H20O3/c1-8-5-9(2)14-12(6-8)7-13(18-15(14)17)10(3)11(4)16/h5-6,10-11,13,16H,7H2,1-4H3. The second kappa shape index (κ2) is 4.73. The highest BCUT2D eigenvalue weighted by atomic mass is 16.5. The minimum Gasteiger partial charge on any atom is -0.458 e. The van der Waals surface area contributed by atoms with E-state index in [1.165, 1.54) is 0 Å². The van der Waals surface area contributed by atoms with E-state index in [0.29, 0.717) is 12.0 Å². The molecule has 18 heavy (non-hydrogen) atoms. The number of hydrogen-bond donors (Lipinski definition) is 1.